The van der Waals surface area contributed by atoms with Gasteiger partial charge in [-0.05, 0) is 53.6 Å². The Bertz CT molecular complexity index is 1250. The topological polar surface area (TPSA) is 93.7 Å². The number of rotatable bonds is 9. The lowest BCUT2D eigenvalue weighted by molar-refractivity contribution is -0.120. The number of anilines is 1. The number of benzene rings is 3. The van der Waals surface area contributed by atoms with Crippen molar-refractivity contribution in [1.29, 1.82) is 0 Å². The van der Waals surface area contributed by atoms with Crippen molar-refractivity contribution in [2.75, 3.05) is 18.9 Å². The molecule has 0 aliphatic carbocycles. The van der Waals surface area contributed by atoms with Crippen LogP contribution in [0.3, 0.4) is 0 Å². The average molecular weight is 493 g/mol. The number of hydrogen-bond acceptors (Lipinski definition) is 5. The molecule has 7 nitrogen and oxygen atoms in total. The highest BCUT2D eigenvalue weighted by Gasteiger charge is 2.19. The molecule has 0 aromatic heterocycles. The fourth-order valence-corrected chi connectivity index (χ4v) is 4.31. The first-order chi connectivity index (χ1) is 15.7. The maximum absolute atomic E-state index is 14.0. The second-order valence-electron chi connectivity index (χ2n) is 7.02. The van der Waals surface area contributed by atoms with Crippen molar-refractivity contribution in [1.82, 2.24) is 5.32 Å². The van der Waals surface area contributed by atoms with Gasteiger partial charge in [-0.15, -0.1) is 0 Å². The highest BCUT2D eigenvalue weighted by atomic mass is 35.5. The second-order valence-corrected chi connectivity index (χ2v) is 9.11. The molecule has 10 heteroatoms. The Labute approximate surface area is 196 Å². The Morgan fingerprint density at radius 3 is 2.24 bits per heavy atom. The summed E-state index contributed by atoms with van der Waals surface area (Å²) in [6.07, 6.45) is 0.103. The van der Waals surface area contributed by atoms with Crippen molar-refractivity contribution < 1.29 is 27.1 Å². The minimum absolute atomic E-state index is 0.0974. The highest BCUT2D eigenvalue weighted by Crippen LogP contribution is 2.27. The van der Waals surface area contributed by atoms with Gasteiger partial charge >= 0.3 is 0 Å². The van der Waals surface area contributed by atoms with Gasteiger partial charge in [-0.25, -0.2) is 12.8 Å². The summed E-state index contributed by atoms with van der Waals surface area (Å²) in [4.78, 5) is 11.8. The standard InChI is InChI=1S/C23H22ClFN2O5S/c1-31-20-9-5-16(11-21(20)32-2)14-26-23(28)12-15-3-7-18(8-4-15)27-33(29,30)22-10-6-17(24)13-19(22)25/h3-11,13,27H,12,14H2,1-2H3,(H,26,28). The molecule has 0 atom stereocenters. The lowest BCUT2D eigenvalue weighted by Gasteiger charge is -2.11. The third-order valence-electron chi connectivity index (χ3n) is 4.69. The predicted octanol–water partition coefficient (Wildman–Crippen LogP) is 4.16. The number of nitrogens with one attached hydrogen (secondary N) is 2. The lowest BCUT2D eigenvalue weighted by Crippen LogP contribution is -2.24. The molecule has 0 fully saturated rings. The van der Waals surface area contributed by atoms with Gasteiger partial charge in [0.25, 0.3) is 10.0 Å². The van der Waals surface area contributed by atoms with Gasteiger partial charge < -0.3 is 14.8 Å². The zero-order valence-electron chi connectivity index (χ0n) is 17.9. The SMILES string of the molecule is COc1ccc(CNC(=O)Cc2ccc(NS(=O)(=O)c3ccc(Cl)cc3F)cc2)cc1OC. The molecule has 3 rings (SSSR count). The quantitative estimate of drug-likeness (QED) is 0.468. The summed E-state index contributed by atoms with van der Waals surface area (Å²) in [6.45, 7) is 0.309. The van der Waals surface area contributed by atoms with Gasteiger partial charge in [0.05, 0.1) is 20.6 Å². The minimum atomic E-state index is -4.13. The van der Waals surface area contributed by atoms with E-state index < -0.39 is 20.7 Å². The van der Waals surface area contributed by atoms with Gasteiger partial charge in [0.1, 0.15) is 10.7 Å². The van der Waals surface area contributed by atoms with Gasteiger partial charge in [0.2, 0.25) is 5.91 Å². The van der Waals surface area contributed by atoms with Crippen LogP contribution in [0.1, 0.15) is 11.1 Å². The van der Waals surface area contributed by atoms with Gasteiger partial charge in [-0.1, -0.05) is 29.8 Å². The molecule has 33 heavy (non-hydrogen) atoms. The average Bonchev–Trinajstić information content (AvgIpc) is 2.78. The number of ether oxygens (including phenoxy) is 2. The van der Waals surface area contributed by atoms with Crippen molar-refractivity contribution >= 4 is 33.2 Å². The number of amides is 1. The molecule has 0 aliphatic rings. The van der Waals surface area contributed by atoms with Crippen LogP contribution < -0.4 is 19.5 Å². The summed E-state index contributed by atoms with van der Waals surface area (Å²) in [5.74, 6) is 0.0157. The Balaban J connectivity index is 1.58. The molecule has 0 saturated heterocycles. The monoisotopic (exact) mass is 492 g/mol. The summed E-state index contributed by atoms with van der Waals surface area (Å²) in [5, 5.41) is 2.92. The van der Waals surface area contributed by atoms with E-state index in [9.17, 15) is 17.6 Å². The number of carbonyl (C=O) groups excluding carboxylic acids is 1. The van der Waals surface area contributed by atoms with Crippen LogP contribution in [0.2, 0.25) is 5.02 Å². The van der Waals surface area contributed by atoms with Crippen molar-refractivity contribution in [2.24, 2.45) is 0 Å². The van der Waals surface area contributed by atoms with Crippen LogP contribution in [0.15, 0.2) is 65.6 Å². The zero-order chi connectivity index (χ0) is 24.0. The maximum atomic E-state index is 14.0. The van der Waals surface area contributed by atoms with Crippen LogP contribution in [-0.2, 0) is 27.8 Å². The van der Waals surface area contributed by atoms with Crippen LogP contribution >= 0.6 is 11.6 Å². The summed E-state index contributed by atoms with van der Waals surface area (Å²) in [6, 6.07) is 14.9. The molecule has 2 N–H and O–H groups in total. The molecular formula is C23H22ClFN2O5S. The van der Waals surface area contributed by atoms with Gasteiger partial charge in [0, 0.05) is 17.3 Å². The van der Waals surface area contributed by atoms with Crippen LogP contribution in [-0.4, -0.2) is 28.5 Å². The molecule has 0 spiro atoms. The molecule has 3 aromatic rings. The summed E-state index contributed by atoms with van der Waals surface area (Å²) in [5.41, 5.74) is 1.76. The van der Waals surface area contributed by atoms with E-state index in [1.54, 1.807) is 31.4 Å². The molecule has 0 heterocycles. The molecule has 0 aliphatic heterocycles. The smallest absolute Gasteiger partial charge is 0.264 e. The van der Waals surface area contributed by atoms with Crippen molar-refractivity contribution in [3.05, 3.63) is 82.6 Å². The van der Waals surface area contributed by atoms with E-state index in [1.807, 2.05) is 6.07 Å². The van der Waals surface area contributed by atoms with Crippen LogP contribution in [0, 0.1) is 5.82 Å². The summed E-state index contributed by atoms with van der Waals surface area (Å²) < 4.78 is 51.6. The molecule has 174 valence electrons. The number of methoxy groups -OCH3 is 2. The number of hydrogen-bond donors (Lipinski definition) is 2. The molecule has 0 radical (unpaired) electrons. The van der Waals surface area contributed by atoms with Gasteiger partial charge in [0.15, 0.2) is 11.5 Å². The third kappa shape index (κ3) is 6.36. The van der Waals surface area contributed by atoms with Gasteiger partial charge in [-0.2, -0.15) is 0 Å². The molecular weight excluding hydrogens is 471 g/mol. The summed E-state index contributed by atoms with van der Waals surface area (Å²) >= 11 is 5.67. The lowest BCUT2D eigenvalue weighted by atomic mass is 10.1. The largest absolute Gasteiger partial charge is 0.493 e. The van der Waals surface area contributed by atoms with Crippen molar-refractivity contribution in [3.63, 3.8) is 0 Å². The molecule has 3 aromatic carbocycles. The molecule has 0 saturated carbocycles. The second kappa shape index (κ2) is 10.5. The van der Waals surface area contributed by atoms with E-state index in [2.05, 4.69) is 10.0 Å². The van der Waals surface area contributed by atoms with E-state index in [-0.39, 0.29) is 23.0 Å². The van der Waals surface area contributed by atoms with Crippen molar-refractivity contribution in [3.8, 4) is 11.5 Å². The molecule has 0 bridgehead atoms. The highest BCUT2D eigenvalue weighted by molar-refractivity contribution is 7.92. The first-order valence-corrected chi connectivity index (χ1v) is 11.6. The Morgan fingerprint density at radius 2 is 1.61 bits per heavy atom. The van der Waals surface area contributed by atoms with E-state index in [0.717, 1.165) is 17.7 Å². The molecule has 0 unspecified atom stereocenters. The predicted molar refractivity (Wildman–Crippen MR) is 124 cm³/mol. The van der Waals surface area contributed by atoms with Crippen LogP contribution in [0.5, 0.6) is 11.5 Å². The normalized spacial score (nSPS) is 11.0. The first kappa shape index (κ1) is 24.3. The fraction of sp³-hybridized carbons (Fsp3) is 0.174. The van der Waals surface area contributed by atoms with Crippen LogP contribution in [0.25, 0.3) is 0 Å². The number of sulfonamides is 1. The Hall–Kier alpha value is -3.30. The third-order valence-corrected chi connectivity index (χ3v) is 6.34. The van der Waals surface area contributed by atoms with Crippen molar-refractivity contribution in [2.45, 2.75) is 17.9 Å². The Kier molecular flexibility index (Phi) is 7.78. The zero-order valence-corrected chi connectivity index (χ0v) is 19.5. The van der Waals surface area contributed by atoms with Gasteiger partial charge in [-0.3, -0.25) is 9.52 Å². The number of halogens is 2. The van der Waals surface area contributed by atoms with E-state index in [0.29, 0.717) is 23.6 Å². The van der Waals surface area contributed by atoms with E-state index in [4.69, 9.17) is 21.1 Å². The molecule has 1 amide bonds. The fourth-order valence-electron chi connectivity index (χ4n) is 3.03. The first-order valence-electron chi connectivity index (χ1n) is 9.76. The van der Waals surface area contributed by atoms with Crippen LogP contribution in [0.4, 0.5) is 10.1 Å². The van der Waals surface area contributed by atoms with E-state index in [1.165, 1.54) is 25.3 Å². The summed E-state index contributed by atoms with van der Waals surface area (Å²) in [7, 11) is -1.04. The maximum Gasteiger partial charge on any atom is 0.264 e. The minimum Gasteiger partial charge on any atom is -0.493 e. The Morgan fingerprint density at radius 1 is 0.939 bits per heavy atom. The number of carbonyl (C=O) groups is 1. The van der Waals surface area contributed by atoms with E-state index >= 15 is 0 Å².